The summed E-state index contributed by atoms with van der Waals surface area (Å²) in [4.78, 5) is 0.290. The highest BCUT2D eigenvalue weighted by molar-refractivity contribution is 7.89. The molecule has 0 aromatic heterocycles. The molecule has 1 aliphatic rings. The first kappa shape index (κ1) is 14.8. The Kier molecular flexibility index (Phi) is 4.01. The summed E-state index contributed by atoms with van der Waals surface area (Å²) in [6.07, 6.45) is -0.337. The Hall–Kier alpha value is -1.59. The van der Waals surface area contributed by atoms with Crippen molar-refractivity contribution in [1.82, 2.24) is 4.31 Å². The number of hydrogen-bond donors (Lipinski definition) is 0. The summed E-state index contributed by atoms with van der Waals surface area (Å²) in [6.45, 7) is 11.8. The highest BCUT2D eigenvalue weighted by atomic mass is 32.2. The molecule has 1 aromatic rings. The van der Waals surface area contributed by atoms with Crippen LogP contribution in [0.4, 0.5) is 0 Å². The third kappa shape index (κ3) is 2.94. The van der Waals surface area contributed by atoms with Gasteiger partial charge in [-0.1, -0.05) is 30.9 Å². The lowest BCUT2D eigenvalue weighted by Gasteiger charge is -2.34. The summed E-state index contributed by atoms with van der Waals surface area (Å²) in [7, 11) is -3.53. The van der Waals surface area contributed by atoms with Gasteiger partial charge < -0.3 is 4.74 Å². The third-order valence-electron chi connectivity index (χ3n) is 3.24. The van der Waals surface area contributed by atoms with E-state index in [0.29, 0.717) is 10.7 Å². The zero-order chi connectivity index (χ0) is 14.9. The third-order valence-corrected chi connectivity index (χ3v) is 5.07. The maximum Gasteiger partial charge on any atom is 0.243 e. The molecule has 0 bridgehead atoms. The Bertz CT molecular complexity index is 632. The van der Waals surface area contributed by atoms with Crippen LogP contribution in [0.3, 0.4) is 0 Å². The van der Waals surface area contributed by atoms with Gasteiger partial charge in [0.2, 0.25) is 10.0 Å². The Morgan fingerprint density at radius 2 is 1.95 bits per heavy atom. The number of benzene rings is 1. The average Bonchev–Trinajstić information content (AvgIpc) is 2.38. The fraction of sp³-hybridized carbons (Fsp3) is 0.333. The second-order valence-corrected chi connectivity index (χ2v) is 7.04. The van der Waals surface area contributed by atoms with Crippen LogP contribution < -0.4 is 0 Å². The van der Waals surface area contributed by atoms with Crippen molar-refractivity contribution in [2.75, 3.05) is 13.1 Å². The maximum absolute atomic E-state index is 12.6. The Labute approximate surface area is 120 Å². The van der Waals surface area contributed by atoms with E-state index in [9.17, 15) is 8.42 Å². The van der Waals surface area contributed by atoms with E-state index in [-0.39, 0.29) is 19.2 Å². The number of ether oxygens (including phenoxy) is 1. The predicted octanol–water partition coefficient (Wildman–Crippen LogP) is 2.47. The van der Waals surface area contributed by atoms with Gasteiger partial charge in [0.25, 0.3) is 0 Å². The SMILES string of the molecule is C=C1CN(S(=O)(=O)c2ccc(C)cc2)CC(C(=C)C)O1. The van der Waals surface area contributed by atoms with Crippen LogP contribution in [-0.4, -0.2) is 31.9 Å². The fourth-order valence-electron chi connectivity index (χ4n) is 2.02. The van der Waals surface area contributed by atoms with E-state index in [0.717, 1.165) is 11.1 Å². The largest absolute Gasteiger partial charge is 0.488 e. The van der Waals surface area contributed by atoms with Crippen LogP contribution in [0.1, 0.15) is 12.5 Å². The molecule has 20 heavy (non-hydrogen) atoms. The maximum atomic E-state index is 12.6. The summed E-state index contributed by atoms with van der Waals surface area (Å²) < 4.78 is 32.1. The average molecular weight is 293 g/mol. The van der Waals surface area contributed by atoms with Crippen molar-refractivity contribution >= 4 is 10.0 Å². The van der Waals surface area contributed by atoms with Crippen LogP contribution >= 0.6 is 0 Å². The van der Waals surface area contributed by atoms with Gasteiger partial charge in [-0.05, 0) is 31.6 Å². The summed E-state index contributed by atoms with van der Waals surface area (Å²) in [5.74, 6) is 0.444. The van der Waals surface area contributed by atoms with Crippen LogP contribution in [0, 0.1) is 6.92 Å². The van der Waals surface area contributed by atoms with Gasteiger partial charge in [-0.3, -0.25) is 0 Å². The Balaban J connectivity index is 2.31. The number of nitrogens with zero attached hydrogens (tertiary/aromatic N) is 1. The molecule has 108 valence electrons. The first-order valence-electron chi connectivity index (χ1n) is 6.37. The van der Waals surface area contributed by atoms with E-state index in [1.165, 1.54) is 4.31 Å². The minimum Gasteiger partial charge on any atom is -0.488 e. The molecule has 1 fully saturated rings. The summed E-state index contributed by atoms with van der Waals surface area (Å²) in [5, 5.41) is 0. The molecule has 0 spiro atoms. The number of aryl methyl sites for hydroxylation is 1. The topological polar surface area (TPSA) is 46.6 Å². The van der Waals surface area contributed by atoms with Crippen molar-refractivity contribution in [2.24, 2.45) is 0 Å². The molecular weight excluding hydrogens is 274 g/mol. The molecule has 0 saturated carbocycles. The summed E-state index contributed by atoms with van der Waals surface area (Å²) in [5.41, 5.74) is 1.81. The molecule has 1 aliphatic heterocycles. The zero-order valence-corrected chi connectivity index (χ0v) is 12.6. The monoisotopic (exact) mass is 293 g/mol. The molecule has 1 aromatic carbocycles. The van der Waals surface area contributed by atoms with Crippen molar-refractivity contribution in [1.29, 1.82) is 0 Å². The van der Waals surface area contributed by atoms with E-state index >= 15 is 0 Å². The van der Waals surface area contributed by atoms with Gasteiger partial charge in [0.1, 0.15) is 11.9 Å². The van der Waals surface area contributed by atoms with Crippen LogP contribution in [-0.2, 0) is 14.8 Å². The molecule has 0 aliphatic carbocycles. The van der Waals surface area contributed by atoms with Gasteiger partial charge in [0.05, 0.1) is 18.0 Å². The smallest absolute Gasteiger partial charge is 0.243 e. The lowest BCUT2D eigenvalue weighted by molar-refractivity contribution is 0.0789. The van der Waals surface area contributed by atoms with Crippen molar-refractivity contribution in [3.05, 3.63) is 54.3 Å². The summed E-state index contributed by atoms with van der Waals surface area (Å²) >= 11 is 0. The standard InChI is InChI=1S/C15H19NO3S/c1-11(2)15-10-16(9-13(4)19-15)20(17,18)14-7-5-12(3)6-8-14/h5-8,15H,1,4,9-10H2,2-3H3. The van der Waals surface area contributed by atoms with Gasteiger partial charge in [-0.2, -0.15) is 4.31 Å². The molecule has 1 saturated heterocycles. The molecule has 1 unspecified atom stereocenters. The van der Waals surface area contributed by atoms with Crippen molar-refractivity contribution < 1.29 is 13.2 Å². The predicted molar refractivity (Wildman–Crippen MR) is 78.8 cm³/mol. The molecular formula is C15H19NO3S. The van der Waals surface area contributed by atoms with Gasteiger partial charge in [0, 0.05) is 0 Å². The molecule has 0 radical (unpaired) electrons. The Morgan fingerprint density at radius 3 is 2.50 bits per heavy atom. The number of sulfonamides is 1. The minimum atomic E-state index is -3.53. The molecule has 0 N–H and O–H groups in total. The van der Waals surface area contributed by atoms with E-state index in [4.69, 9.17) is 4.74 Å². The lowest BCUT2D eigenvalue weighted by Crippen LogP contribution is -2.44. The fourth-order valence-corrected chi connectivity index (χ4v) is 3.44. The molecule has 4 nitrogen and oxygen atoms in total. The normalized spacial score (nSPS) is 20.5. The van der Waals surface area contributed by atoms with Gasteiger partial charge in [-0.15, -0.1) is 0 Å². The molecule has 2 rings (SSSR count). The minimum absolute atomic E-state index is 0.181. The van der Waals surface area contributed by atoms with E-state index < -0.39 is 10.0 Å². The van der Waals surface area contributed by atoms with Gasteiger partial charge in [-0.25, -0.2) is 8.42 Å². The van der Waals surface area contributed by atoms with Crippen LogP contribution in [0.5, 0.6) is 0 Å². The van der Waals surface area contributed by atoms with Crippen LogP contribution in [0.25, 0.3) is 0 Å². The van der Waals surface area contributed by atoms with Crippen LogP contribution in [0.15, 0.2) is 53.7 Å². The number of rotatable bonds is 3. The van der Waals surface area contributed by atoms with Gasteiger partial charge >= 0.3 is 0 Å². The van der Waals surface area contributed by atoms with E-state index in [1.54, 1.807) is 24.3 Å². The highest BCUT2D eigenvalue weighted by Gasteiger charge is 2.32. The molecule has 5 heteroatoms. The first-order chi connectivity index (χ1) is 9.30. The van der Waals surface area contributed by atoms with Crippen molar-refractivity contribution in [3.8, 4) is 0 Å². The molecule has 1 atom stereocenters. The Morgan fingerprint density at radius 1 is 1.35 bits per heavy atom. The van der Waals surface area contributed by atoms with Crippen molar-refractivity contribution in [3.63, 3.8) is 0 Å². The molecule has 1 heterocycles. The number of morpholine rings is 1. The number of hydrogen-bond acceptors (Lipinski definition) is 3. The van der Waals surface area contributed by atoms with Crippen molar-refractivity contribution in [2.45, 2.75) is 24.8 Å². The summed E-state index contributed by atoms with van der Waals surface area (Å²) in [6, 6.07) is 6.83. The van der Waals surface area contributed by atoms with E-state index in [2.05, 4.69) is 13.2 Å². The quantitative estimate of drug-likeness (QED) is 0.804. The second kappa shape index (κ2) is 5.42. The first-order valence-corrected chi connectivity index (χ1v) is 7.81. The van der Waals surface area contributed by atoms with E-state index in [1.807, 2.05) is 13.8 Å². The van der Waals surface area contributed by atoms with Gasteiger partial charge in [0.15, 0.2) is 0 Å². The zero-order valence-electron chi connectivity index (χ0n) is 11.8. The molecule has 0 amide bonds. The lowest BCUT2D eigenvalue weighted by atomic mass is 10.2. The van der Waals surface area contributed by atoms with Crippen LogP contribution in [0.2, 0.25) is 0 Å². The second-order valence-electron chi connectivity index (χ2n) is 5.10. The highest BCUT2D eigenvalue weighted by Crippen LogP contribution is 2.24.